The van der Waals surface area contributed by atoms with E-state index in [2.05, 4.69) is 26.3 Å². The summed E-state index contributed by atoms with van der Waals surface area (Å²) in [6.45, 7) is 2.17. The van der Waals surface area contributed by atoms with Gasteiger partial charge in [-0.1, -0.05) is 0 Å². The Labute approximate surface area is 137 Å². The number of rotatable bonds is 7. The van der Waals surface area contributed by atoms with Gasteiger partial charge in [0.1, 0.15) is 18.0 Å². The smallest absolute Gasteiger partial charge is 0.329 e. The summed E-state index contributed by atoms with van der Waals surface area (Å²) in [7, 11) is 1.53. The fraction of sp³-hybridized carbons (Fsp3) is 0.385. The summed E-state index contributed by atoms with van der Waals surface area (Å²) >= 11 is 2.44. The van der Waals surface area contributed by atoms with Crippen LogP contribution in [0.5, 0.6) is 11.8 Å². The molecule has 1 aromatic heterocycles. The SMILES string of the molecule is COc1nsc(Nc2cc(OSNC3(C)CC3)ccc2N)n1. The number of nitrogens with zero attached hydrogens (tertiary/aromatic N) is 2. The predicted molar refractivity (Wildman–Crippen MR) is 89.6 cm³/mol. The molecule has 4 N–H and O–H groups in total. The third-order valence-electron chi connectivity index (χ3n) is 3.28. The van der Waals surface area contributed by atoms with Crippen LogP contribution in [0.4, 0.5) is 16.5 Å². The van der Waals surface area contributed by atoms with Crippen molar-refractivity contribution in [3.63, 3.8) is 0 Å². The second kappa shape index (κ2) is 6.19. The van der Waals surface area contributed by atoms with Crippen LogP contribution in [0.15, 0.2) is 18.2 Å². The van der Waals surface area contributed by atoms with Crippen molar-refractivity contribution in [1.29, 1.82) is 0 Å². The van der Waals surface area contributed by atoms with E-state index in [1.54, 1.807) is 6.07 Å². The van der Waals surface area contributed by atoms with Gasteiger partial charge in [-0.25, -0.2) is 4.72 Å². The number of anilines is 3. The monoisotopic (exact) mass is 339 g/mol. The van der Waals surface area contributed by atoms with Crippen molar-refractivity contribution in [3.05, 3.63) is 18.2 Å². The van der Waals surface area contributed by atoms with E-state index in [1.165, 1.54) is 43.7 Å². The molecule has 0 aliphatic heterocycles. The zero-order chi connectivity index (χ0) is 15.6. The summed E-state index contributed by atoms with van der Waals surface area (Å²) in [4.78, 5) is 4.16. The van der Waals surface area contributed by atoms with Crippen LogP contribution in [0.2, 0.25) is 0 Å². The number of aromatic nitrogens is 2. The normalized spacial score (nSPS) is 15.4. The zero-order valence-electron chi connectivity index (χ0n) is 12.3. The van der Waals surface area contributed by atoms with Crippen LogP contribution >= 0.6 is 23.8 Å². The number of nitrogen functional groups attached to an aromatic ring is 1. The van der Waals surface area contributed by atoms with Gasteiger partial charge in [-0.15, -0.1) is 4.37 Å². The third kappa shape index (κ3) is 3.73. The fourth-order valence-electron chi connectivity index (χ4n) is 1.61. The molecule has 1 aromatic carbocycles. The number of hydrogen-bond donors (Lipinski definition) is 3. The van der Waals surface area contributed by atoms with Gasteiger partial charge in [0, 0.05) is 23.1 Å². The van der Waals surface area contributed by atoms with Gasteiger partial charge in [-0.05, 0) is 31.9 Å². The van der Waals surface area contributed by atoms with Crippen LogP contribution in [-0.4, -0.2) is 22.0 Å². The Hall–Kier alpha value is -1.71. The van der Waals surface area contributed by atoms with Gasteiger partial charge in [-0.3, -0.25) is 0 Å². The first-order valence-corrected chi connectivity index (χ1v) is 8.24. The van der Waals surface area contributed by atoms with Crippen molar-refractivity contribution >= 4 is 40.3 Å². The van der Waals surface area contributed by atoms with Crippen molar-refractivity contribution in [2.24, 2.45) is 0 Å². The lowest BCUT2D eigenvalue weighted by Crippen LogP contribution is -2.21. The van der Waals surface area contributed by atoms with Crippen molar-refractivity contribution in [3.8, 4) is 11.8 Å². The van der Waals surface area contributed by atoms with E-state index in [0.717, 1.165) is 5.69 Å². The molecule has 0 bridgehead atoms. The molecule has 22 heavy (non-hydrogen) atoms. The molecular weight excluding hydrogens is 322 g/mol. The number of methoxy groups -OCH3 is 1. The second-order valence-electron chi connectivity index (χ2n) is 5.29. The molecule has 1 aliphatic carbocycles. The first-order chi connectivity index (χ1) is 10.6. The molecule has 1 fully saturated rings. The molecule has 1 saturated carbocycles. The maximum Gasteiger partial charge on any atom is 0.329 e. The molecule has 0 unspecified atom stereocenters. The van der Waals surface area contributed by atoms with Gasteiger partial charge in [0.2, 0.25) is 5.13 Å². The summed E-state index contributed by atoms with van der Waals surface area (Å²) in [5.41, 5.74) is 7.50. The molecule has 0 amide bonds. The van der Waals surface area contributed by atoms with Gasteiger partial charge in [-0.2, -0.15) is 4.98 Å². The average Bonchev–Trinajstić information content (AvgIpc) is 3.06. The van der Waals surface area contributed by atoms with Gasteiger partial charge in [0.05, 0.1) is 18.5 Å². The standard InChI is InChI=1S/C13H17N5O2S2/c1-13(5-6-13)18-22-20-8-3-4-9(14)10(7-8)15-12-16-11(19-2)17-21-12/h3-4,7,18H,5-6,14H2,1-2H3,(H,15,16,17). The molecule has 2 aromatic rings. The molecule has 118 valence electrons. The van der Waals surface area contributed by atoms with Gasteiger partial charge in [0.15, 0.2) is 0 Å². The van der Waals surface area contributed by atoms with Crippen molar-refractivity contribution in [2.75, 3.05) is 18.2 Å². The lowest BCUT2D eigenvalue weighted by Gasteiger charge is -2.12. The molecule has 7 nitrogen and oxygen atoms in total. The molecule has 0 radical (unpaired) electrons. The van der Waals surface area contributed by atoms with E-state index >= 15 is 0 Å². The predicted octanol–water partition coefficient (Wildman–Crippen LogP) is 2.96. The van der Waals surface area contributed by atoms with E-state index in [9.17, 15) is 0 Å². The van der Waals surface area contributed by atoms with Gasteiger partial charge >= 0.3 is 6.01 Å². The third-order valence-corrected chi connectivity index (χ3v) is 4.75. The van der Waals surface area contributed by atoms with Gasteiger partial charge < -0.3 is 20.0 Å². The van der Waals surface area contributed by atoms with Crippen molar-refractivity contribution < 1.29 is 8.92 Å². The highest BCUT2D eigenvalue weighted by Crippen LogP contribution is 2.37. The van der Waals surface area contributed by atoms with Crippen LogP contribution in [0.3, 0.4) is 0 Å². The van der Waals surface area contributed by atoms with E-state index in [4.69, 9.17) is 14.7 Å². The molecule has 1 heterocycles. The zero-order valence-corrected chi connectivity index (χ0v) is 13.9. The first-order valence-electron chi connectivity index (χ1n) is 6.73. The fourth-order valence-corrected chi connectivity index (χ4v) is 2.81. The summed E-state index contributed by atoms with van der Waals surface area (Å²) in [5, 5.41) is 3.72. The Morgan fingerprint density at radius 2 is 2.23 bits per heavy atom. The van der Waals surface area contributed by atoms with E-state index in [0.29, 0.717) is 22.6 Å². The minimum Gasteiger partial charge on any atom is -0.466 e. The Morgan fingerprint density at radius 1 is 1.41 bits per heavy atom. The number of hydrogen-bond acceptors (Lipinski definition) is 9. The van der Waals surface area contributed by atoms with Crippen LogP contribution < -0.4 is 24.7 Å². The van der Waals surface area contributed by atoms with Crippen LogP contribution in [0, 0.1) is 0 Å². The number of ether oxygens (including phenoxy) is 1. The van der Waals surface area contributed by atoms with Crippen LogP contribution in [0.1, 0.15) is 19.8 Å². The maximum absolute atomic E-state index is 5.97. The summed E-state index contributed by atoms with van der Waals surface area (Å²) in [6, 6.07) is 5.77. The topological polar surface area (TPSA) is 94.3 Å². The van der Waals surface area contributed by atoms with Crippen LogP contribution in [-0.2, 0) is 0 Å². The first kappa shape index (κ1) is 15.2. The molecular formula is C13H17N5O2S2. The molecule has 0 atom stereocenters. The Kier molecular flexibility index (Phi) is 4.27. The Balaban J connectivity index is 1.63. The minimum absolute atomic E-state index is 0.211. The Morgan fingerprint density at radius 3 is 2.91 bits per heavy atom. The number of nitrogens with one attached hydrogen (secondary N) is 2. The summed E-state index contributed by atoms with van der Waals surface area (Å²) in [6.07, 6.45) is 2.35. The van der Waals surface area contributed by atoms with Crippen molar-refractivity contribution in [2.45, 2.75) is 25.3 Å². The number of benzene rings is 1. The molecule has 0 spiro atoms. The van der Waals surface area contributed by atoms with Crippen LogP contribution in [0.25, 0.3) is 0 Å². The highest BCUT2D eigenvalue weighted by Gasteiger charge is 2.37. The highest BCUT2D eigenvalue weighted by molar-refractivity contribution is 7.93. The molecule has 9 heteroatoms. The lowest BCUT2D eigenvalue weighted by molar-refractivity contribution is 0.386. The van der Waals surface area contributed by atoms with Gasteiger partial charge in [0.25, 0.3) is 0 Å². The minimum atomic E-state index is 0.211. The average molecular weight is 339 g/mol. The Bertz CT molecular complexity index is 660. The molecule has 1 aliphatic rings. The van der Waals surface area contributed by atoms with E-state index < -0.39 is 0 Å². The van der Waals surface area contributed by atoms with E-state index in [1.807, 2.05) is 12.1 Å². The number of nitrogens with two attached hydrogens (primary N) is 1. The molecule has 0 saturated heterocycles. The second-order valence-corrected chi connectivity index (χ2v) is 6.58. The largest absolute Gasteiger partial charge is 0.466 e. The lowest BCUT2D eigenvalue weighted by atomic mass is 10.2. The summed E-state index contributed by atoms with van der Waals surface area (Å²) in [5.74, 6) is 0.704. The molecule has 3 rings (SSSR count). The highest BCUT2D eigenvalue weighted by atomic mass is 32.2. The summed E-state index contributed by atoms with van der Waals surface area (Å²) < 4.78 is 17.9. The maximum atomic E-state index is 5.97. The quantitative estimate of drug-likeness (QED) is 0.403. The van der Waals surface area contributed by atoms with Crippen molar-refractivity contribution in [1.82, 2.24) is 14.1 Å². The van der Waals surface area contributed by atoms with E-state index in [-0.39, 0.29) is 5.54 Å².